The fourth-order valence-corrected chi connectivity index (χ4v) is 1.82. The second kappa shape index (κ2) is 3.79. The Morgan fingerprint density at radius 3 is 2.80 bits per heavy atom. The molecule has 0 amide bonds. The second-order valence-corrected chi connectivity index (χ2v) is 3.50. The minimum absolute atomic E-state index is 0.0365. The summed E-state index contributed by atoms with van der Waals surface area (Å²) >= 11 is 0. The lowest BCUT2D eigenvalue weighted by atomic mass is 10.1. The van der Waals surface area contributed by atoms with Gasteiger partial charge in [-0.1, -0.05) is 18.2 Å². The molecule has 0 radical (unpaired) electrons. The minimum Gasteiger partial charge on any atom is -0.495 e. The van der Waals surface area contributed by atoms with Crippen LogP contribution in [0.25, 0.3) is 16.8 Å². The van der Waals surface area contributed by atoms with Crippen LogP contribution < -0.4 is 5.73 Å². The summed E-state index contributed by atoms with van der Waals surface area (Å²) in [6.07, 6.45) is 2.70. The van der Waals surface area contributed by atoms with Crippen molar-refractivity contribution in [3.05, 3.63) is 42.6 Å². The summed E-state index contributed by atoms with van der Waals surface area (Å²) in [7, 11) is 0. The van der Waals surface area contributed by atoms with E-state index in [4.69, 9.17) is 5.73 Å². The van der Waals surface area contributed by atoms with Gasteiger partial charge >= 0.3 is 0 Å². The van der Waals surface area contributed by atoms with E-state index in [2.05, 4.69) is 6.58 Å². The first kappa shape index (κ1) is 9.80. The molecule has 0 fully saturated rings. The average Bonchev–Trinajstić information content (AvgIpc) is 2.59. The number of nitrogens with two attached hydrogens (primary N) is 1. The Bertz CT molecular complexity index is 499. The van der Waals surface area contributed by atoms with E-state index in [0.29, 0.717) is 6.54 Å². The Balaban J connectivity index is 2.67. The third kappa shape index (κ3) is 1.62. The molecule has 78 valence electrons. The van der Waals surface area contributed by atoms with Crippen LogP contribution in [0.3, 0.4) is 0 Å². The van der Waals surface area contributed by atoms with Crippen LogP contribution in [0.2, 0.25) is 0 Å². The Morgan fingerprint density at radius 1 is 1.40 bits per heavy atom. The first-order valence-corrected chi connectivity index (χ1v) is 4.91. The largest absolute Gasteiger partial charge is 0.495 e. The highest BCUT2D eigenvalue weighted by Gasteiger charge is 2.08. The zero-order chi connectivity index (χ0) is 10.8. The quantitative estimate of drug-likeness (QED) is 0.749. The van der Waals surface area contributed by atoms with Crippen LogP contribution >= 0.6 is 0 Å². The molecule has 0 aliphatic carbocycles. The molecule has 0 aliphatic heterocycles. The molecule has 1 aromatic heterocycles. The Labute approximate surface area is 88.4 Å². The number of para-hydroxylation sites is 1. The van der Waals surface area contributed by atoms with Crippen molar-refractivity contribution in [2.75, 3.05) is 6.54 Å². The molecular weight excluding hydrogens is 188 g/mol. The van der Waals surface area contributed by atoms with Crippen molar-refractivity contribution in [2.45, 2.75) is 6.42 Å². The summed E-state index contributed by atoms with van der Waals surface area (Å²) in [4.78, 5) is 0. The highest BCUT2D eigenvalue weighted by Crippen LogP contribution is 2.23. The van der Waals surface area contributed by atoms with Crippen molar-refractivity contribution in [3.8, 4) is 0 Å². The Hall–Kier alpha value is -1.74. The lowest BCUT2D eigenvalue weighted by Crippen LogP contribution is -2.02. The van der Waals surface area contributed by atoms with Crippen LogP contribution in [0.15, 0.2) is 37.0 Å². The van der Waals surface area contributed by atoms with Crippen LogP contribution in [-0.2, 0) is 6.42 Å². The van der Waals surface area contributed by atoms with Gasteiger partial charge in [0.25, 0.3) is 0 Å². The Kier molecular flexibility index (Phi) is 2.47. The lowest BCUT2D eigenvalue weighted by Gasteiger charge is -2.00. The van der Waals surface area contributed by atoms with Gasteiger partial charge in [-0.2, -0.15) is 0 Å². The van der Waals surface area contributed by atoms with Crippen LogP contribution in [0.5, 0.6) is 0 Å². The molecule has 15 heavy (non-hydrogen) atoms. The normalized spacial score (nSPS) is 10.7. The monoisotopic (exact) mass is 202 g/mol. The number of benzene rings is 1. The first-order valence-electron chi connectivity index (χ1n) is 4.91. The minimum atomic E-state index is 0.0365. The number of hydrogen-bond acceptors (Lipinski definition) is 2. The standard InChI is InChI=1S/C12H14N2O/c1-9(15)14-8-10(6-7-13)11-4-2-3-5-12(11)14/h2-5,8,15H,1,6-7,13H2. The van der Waals surface area contributed by atoms with Gasteiger partial charge in [-0.15, -0.1) is 0 Å². The molecule has 0 unspecified atom stereocenters. The molecule has 0 aliphatic rings. The van der Waals surface area contributed by atoms with E-state index in [0.717, 1.165) is 22.9 Å². The molecule has 3 heteroatoms. The number of fused-ring (bicyclic) bond motifs is 1. The molecular formula is C12H14N2O. The van der Waals surface area contributed by atoms with Gasteiger partial charge in [0.1, 0.15) is 0 Å². The summed E-state index contributed by atoms with van der Waals surface area (Å²) in [6.45, 7) is 4.14. The molecule has 3 N–H and O–H groups in total. The van der Waals surface area contributed by atoms with Crippen molar-refractivity contribution in [3.63, 3.8) is 0 Å². The third-order valence-electron chi connectivity index (χ3n) is 2.49. The van der Waals surface area contributed by atoms with E-state index < -0.39 is 0 Å². The van der Waals surface area contributed by atoms with Gasteiger partial charge in [0, 0.05) is 11.6 Å². The predicted octanol–water partition coefficient (Wildman–Crippen LogP) is 2.13. The highest BCUT2D eigenvalue weighted by atomic mass is 16.3. The molecule has 1 aromatic carbocycles. The molecule has 0 saturated carbocycles. The van der Waals surface area contributed by atoms with E-state index in [1.807, 2.05) is 30.5 Å². The number of rotatable bonds is 3. The van der Waals surface area contributed by atoms with Crippen molar-refractivity contribution < 1.29 is 5.11 Å². The number of hydrogen-bond donors (Lipinski definition) is 2. The van der Waals surface area contributed by atoms with E-state index in [-0.39, 0.29) is 5.88 Å². The van der Waals surface area contributed by atoms with Crippen LogP contribution in [0.4, 0.5) is 0 Å². The molecule has 0 saturated heterocycles. The number of aromatic nitrogens is 1. The van der Waals surface area contributed by atoms with Crippen LogP contribution in [0.1, 0.15) is 5.56 Å². The molecule has 1 heterocycles. The maximum atomic E-state index is 9.44. The third-order valence-corrected chi connectivity index (χ3v) is 2.49. The van der Waals surface area contributed by atoms with E-state index in [1.54, 1.807) is 4.57 Å². The summed E-state index contributed by atoms with van der Waals surface area (Å²) in [5, 5.41) is 10.6. The first-order chi connectivity index (χ1) is 7.24. The smallest absolute Gasteiger partial charge is 0.188 e. The fourth-order valence-electron chi connectivity index (χ4n) is 1.82. The lowest BCUT2D eigenvalue weighted by molar-refractivity contribution is 0.477. The van der Waals surface area contributed by atoms with E-state index in [1.165, 1.54) is 0 Å². The summed E-state index contributed by atoms with van der Waals surface area (Å²) in [5.74, 6) is 0.0365. The van der Waals surface area contributed by atoms with Gasteiger partial charge in [0.05, 0.1) is 5.52 Å². The SMILES string of the molecule is C=C(O)n1cc(CCN)c2ccccc21. The van der Waals surface area contributed by atoms with E-state index >= 15 is 0 Å². The zero-order valence-electron chi connectivity index (χ0n) is 8.48. The van der Waals surface area contributed by atoms with Crippen LogP contribution in [-0.4, -0.2) is 16.2 Å². The van der Waals surface area contributed by atoms with Gasteiger partial charge in [0.15, 0.2) is 5.88 Å². The topological polar surface area (TPSA) is 51.2 Å². The van der Waals surface area contributed by atoms with Crippen molar-refractivity contribution in [1.82, 2.24) is 4.57 Å². The van der Waals surface area contributed by atoms with E-state index in [9.17, 15) is 5.11 Å². The van der Waals surface area contributed by atoms with Gasteiger partial charge in [-0.3, -0.25) is 4.57 Å². The molecule has 0 atom stereocenters. The molecule has 0 bridgehead atoms. The predicted molar refractivity (Wildman–Crippen MR) is 62.7 cm³/mol. The molecule has 3 nitrogen and oxygen atoms in total. The van der Waals surface area contributed by atoms with Gasteiger partial charge in [0.2, 0.25) is 0 Å². The van der Waals surface area contributed by atoms with Gasteiger partial charge in [-0.05, 0) is 31.2 Å². The average molecular weight is 202 g/mol. The molecule has 2 rings (SSSR count). The molecule has 2 aromatic rings. The fraction of sp³-hybridized carbons (Fsp3) is 0.167. The second-order valence-electron chi connectivity index (χ2n) is 3.50. The summed E-state index contributed by atoms with van der Waals surface area (Å²) < 4.78 is 1.68. The van der Waals surface area contributed by atoms with Crippen molar-refractivity contribution >= 4 is 16.8 Å². The number of aliphatic hydroxyl groups excluding tert-OH is 1. The number of nitrogens with zero attached hydrogens (tertiary/aromatic N) is 1. The van der Waals surface area contributed by atoms with Crippen LogP contribution in [0, 0.1) is 0 Å². The summed E-state index contributed by atoms with van der Waals surface area (Å²) in [5.41, 5.74) is 7.65. The maximum absolute atomic E-state index is 9.44. The zero-order valence-corrected chi connectivity index (χ0v) is 8.48. The highest BCUT2D eigenvalue weighted by molar-refractivity contribution is 5.86. The van der Waals surface area contributed by atoms with Gasteiger partial charge in [-0.25, -0.2) is 0 Å². The maximum Gasteiger partial charge on any atom is 0.188 e. The molecule has 0 spiro atoms. The van der Waals surface area contributed by atoms with Crippen molar-refractivity contribution in [2.24, 2.45) is 5.73 Å². The number of aliphatic hydroxyl groups is 1. The van der Waals surface area contributed by atoms with Gasteiger partial charge < -0.3 is 10.8 Å². The Morgan fingerprint density at radius 2 is 2.13 bits per heavy atom. The summed E-state index contributed by atoms with van der Waals surface area (Å²) in [6, 6.07) is 7.90. The van der Waals surface area contributed by atoms with Crippen molar-refractivity contribution in [1.29, 1.82) is 0 Å².